The molecule has 2 heteroatoms. The third-order valence-corrected chi connectivity index (χ3v) is 4.88. The molecular weight excluding hydrogens is 236 g/mol. The Bertz CT molecular complexity index is 429. The fourth-order valence-electron chi connectivity index (χ4n) is 3.84. The van der Waals surface area contributed by atoms with Crippen LogP contribution in [-0.2, 0) is 0 Å². The molecule has 3 rings (SSSR count). The summed E-state index contributed by atoms with van der Waals surface area (Å²) in [5, 5.41) is 10.8. The number of aliphatic hydroxyl groups excluding tert-OH is 1. The van der Waals surface area contributed by atoms with E-state index in [1.165, 1.54) is 31.2 Å². The Morgan fingerprint density at radius 1 is 1.21 bits per heavy atom. The van der Waals surface area contributed by atoms with Crippen LogP contribution in [0.5, 0.6) is 5.75 Å². The molecule has 1 aliphatic heterocycles. The van der Waals surface area contributed by atoms with Gasteiger partial charge in [0.25, 0.3) is 0 Å². The van der Waals surface area contributed by atoms with Gasteiger partial charge in [0.2, 0.25) is 0 Å². The molecule has 1 saturated carbocycles. The summed E-state index contributed by atoms with van der Waals surface area (Å²) in [6.07, 6.45) is 5.71. The molecule has 1 fully saturated rings. The van der Waals surface area contributed by atoms with Gasteiger partial charge in [0.1, 0.15) is 5.75 Å². The maximum atomic E-state index is 10.8. The molecule has 0 radical (unpaired) electrons. The molecule has 4 unspecified atom stereocenters. The summed E-state index contributed by atoms with van der Waals surface area (Å²) in [6.45, 7) is 3.05. The monoisotopic (exact) mass is 260 g/mol. The number of fused-ring (bicyclic) bond motifs is 1. The van der Waals surface area contributed by atoms with E-state index in [1.807, 2.05) is 12.1 Å². The van der Waals surface area contributed by atoms with Crippen molar-refractivity contribution in [2.45, 2.75) is 51.0 Å². The van der Waals surface area contributed by atoms with Crippen LogP contribution in [0.1, 0.15) is 50.5 Å². The lowest BCUT2D eigenvalue weighted by atomic mass is 9.73. The smallest absolute Gasteiger partial charge is 0.122 e. The minimum atomic E-state index is -0.201. The highest BCUT2D eigenvalue weighted by Gasteiger charge is 2.34. The zero-order valence-electron chi connectivity index (χ0n) is 11.7. The molecule has 0 amide bonds. The molecule has 19 heavy (non-hydrogen) atoms. The van der Waals surface area contributed by atoms with Crippen LogP contribution in [0.4, 0.5) is 0 Å². The lowest BCUT2D eigenvalue weighted by molar-refractivity contribution is 0.0370. The molecule has 2 nitrogen and oxygen atoms in total. The molecule has 1 aliphatic carbocycles. The molecule has 0 bridgehead atoms. The first-order chi connectivity index (χ1) is 9.25. The topological polar surface area (TPSA) is 29.5 Å². The molecule has 0 spiro atoms. The first-order valence-electron chi connectivity index (χ1n) is 7.65. The molecular formula is C17H24O2. The standard InChI is InChI=1S/C17H24O2/c1-12-5-4-6-13(11-12)17(18)15-9-10-19-16-8-3-2-7-14(15)16/h2-3,7-8,12-13,15,17-18H,4-6,9-11H2,1H3. The minimum Gasteiger partial charge on any atom is -0.493 e. The van der Waals surface area contributed by atoms with E-state index in [9.17, 15) is 5.11 Å². The number of hydrogen-bond acceptors (Lipinski definition) is 2. The van der Waals surface area contributed by atoms with Crippen molar-refractivity contribution in [3.05, 3.63) is 29.8 Å². The summed E-state index contributed by atoms with van der Waals surface area (Å²) in [5.41, 5.74) is 1.21. The first kappa shape index (κ1) is 13.0. The Balaban J connectivity index is 1.79. The van der Waals surface area contributed by atoms with Crippen LogP contribution in [0.3, 0.4) is 0 Å². The Kier molecular flexibility index (Phi) is 3.79. The maximum Gasteiger partial charge on any atom is 0.122 e. The molecule has 4 atom stereocenters. The summed E-state index contributed by atoms with van der Waals surface area (Å²) >= 11 is 0. The predicted octanol–water partition coefficient (Wildman–Crippen LogP) is 3.74. The molecule has 104 valence electrons. The predicted molar refractivity (Wildman–Crippen MR) is 76.4 cm³/mol. The summed E-state index contributed by atoms with van der Waals surface area (Å²) < 4.78 is 5.70. The van der Waals surface area contributed by atoms with Crippen molar-refractivity contribution in [2.24, 2.45) is 11.8 Å². The average Bonchev–Trinajstić information content (AvgIpc) is 2.46. The van der Waals surface area contributed by atoms with Gasteiger partial charge in [-0.15, -0.1) is 0 Å². The van der Waals surface area contributed by atoms with Gasteiger partial charge in [-0.2, -0.15) is 0 Å². The minimum absolute atomic E-state index is 0.201. The first-order valence-corrected chi connectivity index (χ1v) is 7.65. The van der Waals surface area contributed by atoms with Crippen LogP contribution >= 0.6 is 0 Å². The quantitative estimate of drug-likeness (QED) is 0.877. The number of hydrogen-bond donors (Lipinski definition) is 1. The van der Waals surface area contributed by atoms with E-state index in [0.29, 0.717) is 5.92 Å². The van der Waals surface area contributed by atoms with Crippen LogP contribution < -0.4 is 4.74 Å². The van der Waals surface area contributed by atoms with Crippen molar-refractivity contribution >= 4 is 0 Å². The van der Waals surface area contributed by atoms with Crippen LogP contribution in [-0.4, -0.2) is 17.8 Å². The van der Waals surface area contributed by atoms with Crippen molar-refractivity contribution in [3.63, 3.8) is 0 Å². The van der Waals surface area contributed by atoms with Crippen LogP contribution in [0.2, 0.25) is 0 Å². The van der Waals surface area contributed by atoms with Gasteiger partial charge in [-0.1, -0.05) is 38.0 Å². The second-order valence-corrected chi connectivity index (χ2v) is 6.30. The van der Waals surface area contributed by atoms with Gasteiger partial charge in [-0.3, -0.25) is 0 Å². The maximum absolute atomic E-state index is 10.8. The highest BCUT2D eigenvalue weighted by molar-refractivity contribution is 5.38. The van der Waals surface area contributed by atoms with Gasteiger partial charge >= 0.3 is 0 Å². The molecule has 2 aliphatic rings. The second kappa shape index (κ2) is 5.54. The van der Waals surface area contributed by atoms with E-state index in [-0.39, 0.29) is 12.0 Å². The van der Waals surface area contributed by atoms with E-state index in [4.69, 9.17) is 4.74 Å². The van der Waals surface area contributed by atoms with Crippen molar-refractivity contribution in [2.75, 3.05) is 6.61 Å². The van der Waals surface area contributed by atoms with Gasteiger partial charge in [0.05, 0.1) is 12.7 Å². The number of ether oxygens (including phenoxy) is 1. The van der Waals surface area contributed by atoms with Crippen LogP contribution in [0.15, 0.2) is 24.3 Å². The Hall–Kier alpha value is -1.02. The van der Waals surface area contributed by atoms with E-state index >= 15 is 0 Å². The third-order valence-electron chi connectivity index (χ3n) is 4.88. The Morgan fingerprint density at radius 2 is 2.05 bits per heavy atom. The highest BCUT2D eigenvalue weighted by atomic mass is 16.5. The normalized spacial score (nSPS) is 32.2. The van der Waals surface area contributed by atoms with E-state index < -0.39 is 0 Å². The number of benzene rings is 1. The molecule has 1 aromatic rings. The van der Waals surface area contributed by atoms with Crippen LogP contribution in [0, 0.1) is 11.8 Å². The second-order valence-electron chi connectivity index (χ2n) is 6.30. The fraction of sp³-hybridized carbons (Fsp3) is 0.647. The average molecular weight is 260 g/mol. The van der Waals surface area contributed by atoms with E-state index in [2.05, 4.69) is 19.1 Å². The SMILES string of the molecule is CC1CCCC(C(O)C2CCOc3ccccc32)C1. The lowest BCUT2D eigenvalue weighted by Gasteiger charge is -2.37. The zero-order valence-corrected chi connectivity index (χ0v) is 11.7. The van der Waals surface area contributed by atoms with E-state index in [0.717, 1.165) is 24.7 Å². The van der Waals surface area contributed by atoms with Gasteiger partial charge in [0.15, 0.2) is 0 Å². The zero-order chi connectivity index (χ0) is 13.2. The van der Waals surface area contributed by atoms with Crippen LogP contribution in [0.25, 0.3) is 0 Å². The number of rotatable bonds is 2. The molecule has 0 saturated heterocycles. The molecule has 1 heterocycles. The van der Waals surface area contributed by atoms with Gasteiger partial charge in [-0.05, 0) is 42.7 Å². The van der Waals surface area contributed by atoms with Crippen molar-refractivity contribution in [3.8, 4) is 5.75 Å². The number of para-hydroxylation sites is 1. The molecule has 0 aromatic heterocycles. The molecule has 1 aromatic carbocycles. The molecule has 1 N–H and O–H groups in total. The number of aliphatic hydroxyl groups is 1. The van der Waals surface area contributed by atoms with Gasteiger partial charge < -0.3 is 9.84 Å². The lowest BCUT2D eigenvalue weighted by Crippen LogP contribution is -2.33. The van der Waals surface area contributed by atoms with Crippen molar-refractivity contribution in [1.82, 2.24) is 0 Å². The third kappa shape index (κ3) is 2.64. The van der Waals surface area contributed by atoms with Gasteiger partial charge in [0, 0.05) is 5.92 Å². The van der Waals surface area contributed by atoms with Crippen molar-refractivity contribution < 1.29 is 9.84 Å². The summed E-state index contributed by atoms with van der Waals surface area (Å²) in [5.74, 6) is 2.48. The fourth-order valence-corrected chi connectivity index (χ4v) is 3.84. The largest absolute Gasteiger partial charge is 0.493 e. The summed E-state index contributed by atoms with van der Waals surface area (Å²) in [7, 11) is 0. The highest BCUT2D eigenvalue weighted by Crippen LogP contribution is 2.41. The van der Waals surface area contributed by atoms with E-state index in [1.54, 1.807) is 0 Å². The van der Waals surface area contributed by atoms with Crippen molar-refractivity contribution in [1.29, 1.82) is 0 Å². The Morgan fingerprint density at radius 3 is 2.89 bits per heavy atom. The van der Waals surface area contributed by atoms with Gasteiger partial charge in [-0.25, -0.2) is 0 Å². The summed E-state index contributed by atoms with van der Waals surface area (Å²) in [4.78, 5) is 0. The summed E-state index contributed by atoms with van der Waals surface area (Å²) in [6, 6.07) is 8.21. The Labute approximate surface area is 115 Å².